The van der Waals surface area contributed by atoms with Gasteiger partial charge in [0.25, 0.3) is 0 Å². The van der Waals surface area contributed by atoms with Crippen LogP contribution in [0.25, 0.3) is 11.6 Å². The van der Waals surface area contributed by atoms with Crippen molar-refractivity contribution in [3.8, 4) is 11.6 Å². The number of benzene rings is 2. The maximum atomic E-state index is 13.0. The number of nitrogens with one attached hydrogen (secondary N) is 2. The number of anilines is 1. The van der Waals surface area contributed by atoms with E-state index < -0.39 is 0 Å². The molecule has 7 nitrogen and oxygen atoms in total. The summed E-state index contributed by atoms with van der Waals surface area (Å²) in [7, 11) is 0. The molecule has 2 aromatic heterocycles. The van der Waals surface area contributed by atoms with E-state index in [1.54, 1.807) is 30.3 Å². The zero-order chi connectivity index (χ0) is 20.1. The topological polar surface area (TPSA) is 93.2 Å². The number of carbonyl (C=O) groups excluding carboxylic acids is 1. The number of urea groups is 1. The lowest BCUT2D eigenvalue weighted by Gasteiger charge is -2.11. The lowest BCUT2D eigenvalue weighted by Crippen LogP contribution is -2.28. The second kappa shape index (κ2) is 8.39. The predicted molar refractivity (Wildman–Crippen MR) is 104 cm³/mol. The third-order valence-corrected chi connectivity index (χ3v) is 4.18. The summed E-state index contributed by atoms with van der Waals surface area (Å²) >= 11 is 0. The molecule has 0 bridgehead atoms. The van der Waals surface area contributed by atoms with Crippen molar-refractivity contribution in [2.45, 2.75) is 13.0 Å². The Bertz CT molecular complexity index is 1090. The van der Waals surface area contributed by atoms with Gasteiger partial charge in [0.2, 0.25) is 11.7 Å². The molecule has 0 atom stereocenters. The van der Waals surface area contributed by atoms with E-state index >= 15 is 0 Å². The van der Waals surface area contributed by atoms with Crippen molar-refractivity contribution in [3.05, 3.63) is 89.8 Å². The highest BCUT2D eigenvalue weighted by molar-refractivity contribution is 5.90. The summed E-state index contributed by atoms with van der Waals surface area (Å²) < 4.78 is 23.5. The monoisotopic (exact) mass is 392 g/mol. The third kappa shape index (κ3) is 4.67. The van der Waals surface area contributed by atoms with E-state index in [2.05, 4.69) is 20.8 Å². The highest BCUT2D eigenvalue weighted by Crippen LogP contribution is 2.21. The Hall–Kier alpha value is -3.94. The smallest absolute Gasteiger partial charge is 0.319 e. The Morgan fingerprint density at radius 3 is 2.66 bits per heavy atom. The molecule has 2 N–H and O–H groups in total. The maximum absolute atomic E-state index is 13.0. The number of rotatable bonds is 6. The van der Waals surface area contributed by atoms with E-state index in [4.69, 9.17) is 8.94 Å². The van der Waals surface area contributed by atoms with Gasteiger partial charge in [0.15, 0.2) is 5.76 Å². The highest BCUT2D eigenvalue weighted by Gasteiger charge is 2.14. The number of amides is 2. The first-order chi connectivity index (χ1) is 14.2. The van der Waals surface area contributed by atoms with Gasteiger partial charge >= 0.3 is 6.03 Å². The fourth-order valence-corrected chi connectivity index (χ4v) is 2.74. The van der Waals surface area contributed by atoms with Gasteiger partial charge in [-0.3, -0.25) is 0 Å². The van der Waals surface area contributed by atoms with E-state index in [9.17, 15) is 9.18 Å². The van der Waals surface area contributed by atoms with Gasteiger partial charge in [0.1, 0.15) is 5.82 Å². The fourth-order valence-electron chi connectivity index (χ4n) is 2.74. The van der Waals surface area contributed by atoms with Crippen LogP contribution >= 0.6 is 0 Å². The van der Waals surface area contributed by atoms with Gasteiger partial charge in [-0.1, -0.05) is 35.5 Å². The number of hydrogen-bond acceptors (Lipinski definition) is 5. The van der Waals surface area contributed by atoms with Crippen molar-refractivity contribution in [2.24, 2.45) is 0 Å². The largest absolute Gasteiger partial charge is 0.461 e. The van der Waals surface area contributed by atoms with Gasteiger partial charge in [-0.2, -0.15) is 4.98 Å². The zero-order valence-electron chi connectivity index (χ0n) is 15.3. The van der Waals surface area contributed by atoms with Gasteiger partial charge in [0, 0.05) is 12.2 Å². The van der Waals surface area contributed by atoms with Crippen molar-refractivity contribution < 1.29 is 18.1 Å². The SMILES string of the molecule is O=C(NCc1ccc(F)cc1)Nc1ccccc1Cc1nc(-c2ccco2)no1. The molecule has 2 aromatic carbocycles. The number of halogens is 1. The number of carbonyl (C=O) groups is 1. The molecule has 4 aromatic rings. The first-order valence-electron chi connectivity index (χ1n) is 8.91. The van der Waals surface area contributed by atoms with Crippen LogP contribution in [0.5, 0.6) is 0 Å². The maximum Gasteiger partial charge on any atom is 0.319 e. The van der Waals surface area contributed by atoms with Crippen molar-refractivity contribution in [3.63, 3.8) is 0 Å². The van der Waals surface area contributed by atoms with Crippen molar-refractivity contribution in [1.29, 1.82) is 0 Å². The number of nitrogens with zero attached hydrogens (tertiary/aromatic N) is 2. The lowest BCUT2D eigenvalue weighted by molar-refractivity contribution is 0.251. The number of para-hydroxylation sites is 1. The van der Waals surface area contributed by atoms with E-state index in [1.165, 1.54) is 18.4 Å². The molecule has 0 spiro atoms. The minimum Gasteiger partial charge on any atom is -0.461 e. The van der Waals surface area contributed by atoms with Gasteiger partial charge in [0.05, 0.1) is 12.7 Å². The summed E-state index contributed by atoms with van der Waals surface area (Å²) in [6.07, 6.45) is 1.89. The third-order valence-electron chi connectivity index (χ3n) is 4.18. The van der Waals surface area contributed by atoms with Crippen molar-refractivity contribution in [2.75, 3.05) is 5.32 Å². The zero-order valence-corrected chi connectivity index (χ0v) is 15.3. The van der Waals surface area contributed by atoms with Gasteiger partial charge in [-0.25, -0.2) is 9.18 Å². The Morgan fingerprint density at radius 1 is 1.03 bits per heavy atom. The first-order valence-corrected chi connectivity index (χ1v) is 8.91. The Kier molecular flexibility index (Phi) is 5.33. The van der Waals surface area contributed by atoms with Crippen LogP contribution in [-0.2, 0) is 13.0 Å². The van der Waals surface area contributed by atoms with Gasteiger partial charge < -0.3 is 19.6 Å². The van der Waals surface area contributed by atoms with E-state index in [0.29, 0.717) is 29.6 Å². The molecule has 0 radical (unpaired) electrons. The predicted octanol–water partition coefficient (Wildman–Crippen LogP) is 4.38. The van der Waals surface area contributed by atoms with Crippen LogP contribution in [0.15, 0.2) is 75.9 Å². The molecule has 0 unspecified atom stereocenters. The summed E-state index contributed by atoms with van der Waals surface area (Å²) in [6.45, 7) is 0.282. The molecule has 0 saturated carbocycles. The Morgan fingerprint density at radius 2 is 1.86 bits per heavy atom. The molecular formula is C21H17FN4O3. The van der Waals surface area contributed by atoms with E-state index in [0.717, 1.165) is 11.1 Å². The van der Waals surface area contributed by atoms with Crippen molar-refractivity contribution in [1.82, 2.24) is 15.5 Å². The van der Waals surface area contributed by atoms with Gasteiger partial charge in [-0.15, -0.1) is 0 Å². The van der Waals surface area contributed by atoms with Crippen LogP contribution in [-0.4, -0.2) is 16.2 Å². The molecule has 2 amide bonds. The van der Waals surface area contributed by atoms with Crippen molar-refractivity contribution >= 4 is 11.7 Å². The summed E-state index contributed by atoms with van der Waals surface area (Å²) in [4.78, 5) is 16.6. The van der Waals surface area contributed by atoms with Crippen LogP contribution in [0.1, 0.15) is 17.0 Å². The fraction of sp³-hybridized carbons (Fsp3) is 0.0952. The van der Waals surface area contributed by atoms with Crippen LogP contribution < -0.4 is 10.6 Å². The molecular weight excluding hydrogens is 375 g/mol. The molecule has 29 heavy (non-hydrogen) atoms. The molecule has 0 aliphatic heterocycles. The van der Waals surface area contributed by atoms with E-state index in [1.807, 2.05) is 18.2 Å². The molecule has 0 fully saturated rings. The highest BCUT2D eigenvalue weighted by atomic mass is 19.1. The number of hydrogen-bond donors (Lipinski definition) is 2. The molecule has 0 aliphatic rings. The molecule has 146 valence electrons. The minimum atomic E-state index is -0.372. The van der Waals surface area contributed by atoms with Crippen LogP contribution in [0.3, 0.4) is 0 Å². The average molecular weight is 392 g/mol. The van der Waals surface area contributed by atoms with Crippen LogP contribution in [0, 0.1) is 5.82 Å². The first kappa shape index (κ1) is 18.4. The van der Waals surface area contributed by atoms with Crippen LogP contribution in [0.2, 0.25) is 0 Å². The second-order valence-electron chi connectivity index (χ2n) is 6.26. The lowest BCUT2D eigenvalue weighted by atomic mass is 10.1. The normalized spacial score (nSPS) is 10.7. The summed E-state index contributed by atoms with van der Waals surface area (Å²) in [5, 5.41) is 9.47. The number of aromatic nitrogens is 2. The average Bonchev–Trinajstić information content (AvgIpc) is 3.41. The quantitative estimate of drug-likeness (QED) is 0.508. The summed E-state index contributed by atoms with van der Waals surface area (Å²) in [5.74, 6) is 0.972. The molecule has 2 heterocycles. The molecule has 0 saturated heterocycles. The Balaban J connectivity index is 1.40. The molecule has 8 heteroatoms. The number of furan rings is 1. The minimum absolute atomic E-state index is 0.282. The second-order valence-corrected chi connectivity index (χ2v) is 6.26. The summed E-state index contributed by atoms with van der Waals surface area (Å²) in [6, 6.07) is 16.4. The Labute approximate surface area is 165 Å². The molecule has 0 aliphatic carbocycles. The molecule has 4 rings (SSSR count). The summed E-state index contributed by atoms with van der Waals surface area (Å²) in [5.41, 5.74) is 2.24. The van der Waals surface area contributed by atoms with Crippen LogP contribution in [0.4, 0.5) is 14.9 Å². The standard InChI is InChI=1S/C21H17FN4O3/c22-16-9-7-14(8-10-16)13-23-21(27)24-17-5-2-1-4-15(17)12-19-25-20(26-29-19)18-6-3-11-28-18/h1-11H,12-13H2,(H2,23,24,27). The van der Waals surface area contributed by atoms with E-state index in [-0.39, 0.29) is 18.4 Å². The van der Waals surface area contributed by atoms with Gasteiger partial charge in [-0.05, 0) is 41.5 Å².